The molecule has 9 nitrogen and oxygen atoms in total. The molecule has 0 aliphatic carbocycles. The van der Waals surface area contributed by atoms with Crippen LogP contribution in [0.15, 0.2) is 47.6 Å². The third kappa shape index (κ3) is 4.03. The normalized spacial score (nSPS) is 11.1. The molecule has 2 heterocycles. The summed E-state index contributed by atoms with van der Waals surface area (Å²) >= 11 is 0.971. The summed E-state index contributed by atoms with van der Waals surface area (Å²) in [4.78, 5) is 29.4. The van der Waals surface area contributed by atoms with Crippen LogP contribution < -0.4 is 0 Å². The van der Waals surface area contributed by atoms with Gasteiger partial charge in [-0.05, 0) is 41.8 Å². The third-order valence-corrected chi connectivity index (χ3v) is 5.41. The van der Waals surface area contributed by atoms with E-state index < -0.39 is 10.9 Å². The third-order valence-electron chi connectivity index (χ3n) is 4.58. The Kier molecular flexibility index (Phi) is 5.23. The average molecular weight is 423 g/mol. The minimum absolute atomic E-state index is 0.0675. The summed E-state index contributed by atoms with van der Waals surface area (Å²) in [5.41, 5.74) is 4.08. The lowest BCUT2D eigenvalue weighted by atomic mass is 10.0. The number of nitro groups is 1. The SMILES string of the molecule is CCc1cc2cc(-c3cc(-c4nc(SCC(=O)O)n[nH]4)cc([N+](=O)[O-])c3)ccc2[nH]1. The van der Waals surface area contributed by atoms with E-state index in [-0.39, 0.29) is 16.6 Å². The van der Waals surface area contributed by atoms with E-state index in [9.17, 15) is 14.9 Å². The maximum absolute atomic E-state index is 11.5. The molecule has 4 aromatic rings. The van der Waals surface area contributed by atoms with Gasteiger partial charge < -0.3 is 10.1 Å². The highest BCUT2D eigenvalue weighted by Crippen LogP contribution is 2.32. The van der Waals surface area contributed by atoms with Crippen molar-refractivity contribution in [1.29, 1.82) is 0 Å². The number of aliphatic carboxylic acids is 1. The van der Waals surface area contributed by atoms with Crippen molar-refractivity contribution in [3.8, 4) is 22.5 Å². The van der Waals surface area contributed by atoms with Crippen LogP contribution in [0.4, 0.5) is 5.69 Å². The number of aromatic nitrogens is 4. The number of benzene rings is 2. The molecule has 0 saturated carbocycles. The summed E-state index contributed by atoms with van der Waals surface area (Å²) in [6.07, 6.45) is 0.888. The van der Waals surface area contributed by atoms with Crippen LogP contribution in [0.2, 0.25) is 0 Å². The monoisotopic (exact) mass is 423 g/mol. The number of fused-ring (bicyclic) bond motifs is 1. The lowest BCUT2D eigenvalue weighted by Gasteiger charge is -2.05. The summed E-state index contributed by atoms with van der Waals surface area (Å²) in [5, 5.41) is 28.3. The van der Waals surface area contributed by atoms with Crippen LogP contribution in [0.5, 0.6) is 0 Å². The summed E-state index contributed by atoms with van der Waals surface area (Å²) in [6.45, 7) is 2.07. The smallest absolute Gasteiger partial charge is 0.313 e. The fourth-order valence-corrected chi connectivity index (χ4v) is 3.67. The van der Waals surface area contributed by atoms with Crippen molar-refractivity contribution >= 4 is 34.3 Å². The second-order valence-corrected chi connectivity index (χ2v) is 7.57. The Balaban J connectivity index is 1.75. The zero-order valence-corrected chi connectivity index (χ0v) is 16.7. The summed E-state index contributed by atoms with van der Waals surface area (Å²) in [6, 6.07) is 12.7. The van der Waals surface area contributed by atoms with Gasteiger partial charge in [0, 0.05) is 34.3 Å². The molecule has 0 aliphatic heterocycles. The molecule has 3 N–H and O–H groups in total. The number of carbonyl (C=O) groups is 1. The van der Waals surface area contributed by atoms with Gasteiger partial charge in [0.05, 0.1) is 10.7 Å². The molecule has 152 valence electrons. The number of hydrogen-bond donors (Lipinski definition) is 3. The van der Waals surface area contributed by atoms with Gasteiger partial charge in [-0.2, -0.15) is 0 Å². The Hall–Kier alpha value is -3.66. The molecule has 0 spiro atoms. The molecule has 0 saturated heterocycles. The zero-order valence-electron chi connectivity index (χ0n) is 15.9. The number of aromatic amines is 2. The Morgan fingerprint density at radius 3 is 2.70 bits per heavy atom. The van der Waals surface area contributed by atoms with E-state index >= 15 is 0 Å². The number of rotatable bonds is 7. The Labute approximate surface area is 174 Å². The molecule has 4 rings (SSSR count). The molecule has 30 heavy (non-hydrogen) atoms. The quantitative estimate of drug-likeness (QED) is 0.229. The molecular weight excluding hydrogens is 406 g/mol. The maximum atomic E-state index is 11.5. The van der Waals surface area contributed by atoms with Crippen molar-refractivity contribution in [2.75, 3.05) is 5.75 Å². The number of hydrogen-bond acceptors (Lipinski definition) is 6. The van der Waals surface area contributed by atoms with Gasteiger partial charge in [0.2, 0.25) is 5.16 Å². The van der Waals surface area contributed by atoms with Crippen LogP contribution in [-0.4, -0.2) is 41.9 Å². The highest BCUT2D eigenvalue weighted by atomic mass is 32.2. The van der Waals surface area contributed by atoms with Crippen LogP contribution in [0.25, 0.3) is 33.4 Å². The van der Waals surface area contributed by atoms with Gasteiger partial charge in [0.1, 0.15) is 0 Å². The van der Waals surface area contributed by atoms with Crippen molar-refractivity contribution in [3.63, 3.8) is 0 Å². The standard InChI is InChI=1S/C20H17N5O4S/c1-2-15-7-13-5-11(3-4-17(13)21-15)12-6-14(9-16(8-12)25(28)29)19-22-20(24-23-19)30-10-18(26)27/h3-9,21H,2,10H2,1H3,(H,26,27)(H,22,23,24). The van der Waals surface area contributed by atoms with Crippen molar-refractivity contribution in [2.45, 2.75) is 18.5 Å². The minimum atomic E-state index is -0.977. The van der Waals surface area contributed by atoms with Crippen molar-refractivity contribution in [1.82, 2.24) is 20.2 Å². The first-order valence-corrected chi connectivity index (χ1v) is 10.1. The van der Waals surface area contributed by atoms with Gasteiger partial charge in [0.15, 0.2) is 5.82 Å². The molecule has 0 radical (unpaired) electrons. The lowest BCUT2D eigenvalue weighted by Crippen LogP contribution is -1.97. The van der Waals surface area contributed by atoms with E-state index in [1.807, 2.05) is 18.2 Å². The van der Waals surface area contributed by atoms with Crippen molar-refractivity contribution in [2.24, 2.45) is 0 Å². The molecular formula is C20H17N5O4S. The topological polar surface area (TPSA) is 138 Å². The Morgan fingerprint density at radius 2 is 1.97 bits per heavy atom. The molecule has 10 heteroatoms. The molecule has 0 aliphatic rings. The Morgan fingerprint density at radius 1 is 1.17 bits per heavy atom. The zero-order chi connectivity index (χ0) is 21.3. The summed E-state index contributed by atoms with van der Waals surface area (Å²) in [5.74, 6) is -0.812. The van der Waals surface area contributed by atoms with Crippen LogP contribution in [0, 0.1) is 10.1 Å². The first-order valence-electron chi connectivity index (χ1n) is 9.12. The average Bonchev–Trinajstić information content (AvgIpc) is 3.38. The van der Waals surface area contributed by atoms with Gasteiger partial charge in [0.25, 0.3) is 5.69 Å². The molecule has 0 atom stereocenters. The number of thioether (sulfide) groups is 1. The van der Waals surface area contributed by atoms with Crippen LogP contribution in [-0.2, 0) is 11.2 Å². The van der Waals surface area contributed by atoms with Crippen molar-refractivity contribution < 1.29 is 14.8 Å². The van der Waals surface area contributed by atoms with Crippen LogP contribution >= 0.6 is 11.8 Å². The van der Waals surface area contributed by atoms with Crippen molar-refractivity contribution in [3.05, 3.63) is 58.3 Å². The van der Waals surface area contributed by atoms with E-state index in [1.165, 1.54) is 12.1 Å². The predicted octanol–water partition coefficient (Wildman–Crippen LogP) is 4.27. The maximum Gasteiger partial charge on any atom is 0.313 e. The number of non-ortho nitro benzene ring substituents is 1. The van der Waals surface area contributed by atoms with Gasteiger partial charge in [-0.25, -0.2) is 4.98 Å². The van der Waals surface area contributed by atoms with E-state index in [4.69, 9.17) is 5.11 Å². The molecule has 2 aromatic heterocycles. The number of carboxylic acids is 1. The molecule has 0 fully saturated rings. The molecule has 0 unspecified atom stereocenters. The largest absolute Gasteiger partial charge is 0.481 e. The van der Waals surface area contributed by atoms with Gasteiger partial charge in [-0.15, -0.1) is 5.10 Å². The number of carboxylic acid groups (broad SMARTS) is 1. The van der Waals surface area contributed by atoms with E-state index in [2.05, 4.69) is 33.2 Å². The van der Waals surface area contributed by atoms with Crippen LogP contribution in [0.1, 0.15) is 12.6 Å². The van der Waals surface area contributed by atoms with E-state index in [0.29, 0.717) is 17.0 Å². The first kappa shape index (κ1) is 19.6. The second kappa shape index (κ2) is 7.99. The number of H-pyrrole nitrogens is 2. The summed E-state index contributed by atoms with van der Waals surface area (Å²) in [7, 11) is 0. The second-order valence-electron chi connectivity index (χ2n) is 6.62. The van der Waals surface area contributed by atoms with E-state index in [0.717, 1.165) is 40.3 Å². The van der Waals surface area contributed by atoms with Gasteiger partial charge >= 0.3 is 5.97 Å². The molecule has 0 amide bonds. The van der Waals surface area contributed by atoms with Gasteiger partial charge in [-0.1, -0.05) is 24.8 Å². The minimum Gasteiger partial charge on any atom is -0.481 e. The fraction of sp³-hybridized carbons (Fsp3) is 0.150. The summed E-state index contributed by atoms with van der Waals surface area (Å²) < 4.78 is 0. The molecule has 2 aromatic carbocycles. The number of nitrogens with zero attached hydrogens (tertiary/aromatic N) is 3. The van der Waals surface area contributed by atoms with Gasteiger partial charge in [-0.3, -0.25) is 20.0 Å². The number of nitro benzene ring substituents is 1. The highest BCUT2D eigenvalue weighted by molar-refractivity contribution is 7.99. The predicted molar refractivity (Wildman–Crippen MR) is 114 cm³/mol. The highest BCUT2D eigenvalue weighted by Gasteiger charge is 2.16. The lowest BCUT2D eigenvalue weighted by molar-refractivity contribution is -0.384. The van der Waals surface area contributed by atoms with E-state index in [1.54, 1.807) is 6.07 Å². The van der Waals surface area contributed by atoms with Crippen LogP contribution in [0.3, 0.4) is 0 Å². The molecule has 0 bridgehead atoms. The number of aryl methyl sites for hydroxylation is 1. The fourth-order valence-electron chi connectivity index (χ4n) is 3.15. The Bertz CT molecular complexity index is 1260. The number of nitrogens with one attached hydrogen (secondary N) is 2. The first-order chi connectivity index (χ1) is 14.4.